The van der Waals surface area contributed by atoms with Crippen molar-refractivity contribution >= 4 is 21.9 Å². The summed E-state index contributed by atoms with van der Waals surface area (Å²) in [5, 5.41) is 0.831. The summed E-state index contributed by atoms with van der Waals surface area (Å²) in [6.07, 6.45) is 10.4. The van der Waals surface area contributed by atoms with E-state index in [0.29, 0.717) is 0 Å². The van der Waals surface area contributed by atoms with Crippen LogP contribution in [0.4, 0.5) is 0 Å². The number of methoxy groups -OCH3 is 1. The van der Waals surface area contributed by atoms with Gasteiger partial charge in [0, 0.05) is 11.4 Å². The molecule has 0 amide bonds. The van der Waals surface area contributed by atoms with Gasteiger partial charge in [-0.1, -0.05) is 46.3 Å². The molecule has 0 spiro atoms. The van der Waals surface area contributed by atoms with Crippen molar-refractivity contribution in [3.8, 4) is 0 Å². The first-order valence-corrected chi connectivity index (χ1v) is 4.57. The van der Waals surface area contributed by atoms with E-state index in [-0.39, 0.29) is 5.97 Å². The first kappa shape index (κ1) is 11.2. The van der Waals surface area contributed by atoms with E-state index in [1.165, 1.54) is 13.2 Å². The standard InChI is InChI=1S/C9H11BrO2/c1-12-9(11)7-5-3-2-4-6-8-10/h2-7H,8H2,1H3. The lowest BCUT2D eigenvalue weighted by molar-refractivity contribution is -0.134. The predicted octanol–water partition coefficient (Wildman–Crippen LogP) is 2.22. The van der Waals surface area contributed by atoms with Crippen molar-refractivity contribution < 1.29 is 9.53 Å². The van der Waals surface area contributed by atoms with Crippen LogP contribution in [0, 0.1) is 0 Å². The molecule has 66 valence electrons. The number of hydrogen-bond acceptors (Lipinski definition) is 2. The zero-order valence-electron chi connectivity index (χ0n) is 6.87. The number of ether oxygens (including phenoxy) is 1. The molecule has 0 saturated carbocycles. The monoisotopic (exact) mass is 230 g/mol. The van der Waals surface area contributed by atoms with Crippen LogP contribution in [0.1, 0.15) is 0 Å². The Labute approximate surface area is 80.7 Å². The average molecular weight is 231 g/mol. The number of rotatable bonds is 4. The van der Waals surface area contributed by atoms with Crippen molar-refractivity contribution in [1.82, 2.24) is 0 Å². The quantitative estimate of drug-likeness (QED) is 0.321. The highest BCUT2D eigenvalue weighted by Crippen LogP contribution is 1.85. The highest BCUT2D eigenvalue weighted by molar-refractivity contribution is 9.09. The molecule has 0 aliphatic rings. The van der Waals surface area contributed by atoms with Crippen molar-refractivity contribution in [2.75, 3.05) is 12.4 Å². The number of esters is 1. The van der Waals surface area contributed by atoms with Crippen LogP contribution in [0.5, 0.6) is 0 Å². The van der Waals surface area contributed by atoms with Gasteiger partial charge in [0.15, 0.2) is 0 Å². The minimum absolute atomic E-state index is 0.343. The van der Waals surface area contributed by atoms with Crippen molar-refractivity contribution in [1.29, 1.82) is 0 Å². The first-order valence-electron chi connectivity index (χ1n) is 3.45. The highest BCUT2D eigenvalue weighted by Gasteiger charge is 1.85. The second-order valence-corrected chi connectivity index (χ2v) is 2.50. The van der Waals surface area contributed by atoms with Gasteiger partial charge < -0.3 is 4.74 Å². The minimum Gasteiger partial charge on any atom is -0.466 e. The smallest absolute Gasteiger partial charge is 0.330 e. The molecule has 0 aromatic carbocycles. The highest BCUT2D eigenvalue weighted by atomic mass is 79.9. The Morgan fingerprint density at radius 2 is 2.00 bits per heavy atom. The van der Waals surface area contributed by atoms with Crippen molar-refractivity contribution in [3.63, 3.8) is 0 Å². The molecule has 0 fully saturated rings. The number of hydrogen-bond donors (Lipinski definition) is 0. The van der Waals surface area contributed by atoms with Gasteiger partial charge in [-0.15, -0.1) is 0 Å². The van der Waals surface area contributed by atoms with E-state index in [1.54, 1.807) is 12.2 Å². The van der Waals surface area contributed by atoms with Crippen molar-refractivity contribution in [2.24, 2.45) is 0 Å². The molecule has 0 rings (SSSR count). The second kappa shape index (κ2) is 8.27. The summed E-state index contributed by atoms with van der Waals surface area (Å²) >= 11 is 3.24. The third-order valence-corrected chi connectivity index (χ3v) is 1.37. The summed E-state index contributed by atoms with van der Waals surface area (Å²) in [5.74, 6) is -0.343. The molecule has 0 atom stereocenters. The summed E-state index contributed by atoms with van der Waals surface area (Å²) in [5.41, 5.74) is 0. The first-order chi connectivity index (χ1) is 5.81. The molecule has 0 aliphatic carbocycles. The van der Waals surface area contributed by atoms with E-state index in [4.69, 9.17) is 0 Å². The Morgan fingerprint density at radius 1 is 1.33 bits per heavy atom. The SMILES string of the molecule is COC(=O)C=CC=CC=CCBr. The van der Waals surface area contributed by atoms with Crippen LogP contribution in [0.3, 0.4) is 0 Å². The van der Waals surface area contributed by atoms with Crippen LogP contribution in [-0.2, 0) is 9.53 Å². The molecular weight excluding hydrogens is 220 g/mol. The lowest BCUT2D eigenvalue weighted by Gasteiger charge is -1.85. The molecule has 3 heteroatoms. The number of carbonyl (C=O) groups excluding carboxylic acids is 1. The molecule has 0 bridgehead atoms. The zero-order chi connectivity index (χ0) is 9.23. The molecule has 2 nitrogen and oxygen atoms in total. The third kappa shape index (κ3) is 7.28. The van der Waals surface area contributed by atoms with E-state index < -0.39 is 0 Å². The fourth-order valence-corrected chi connectivity index (χ4v) is 0.676. The molecule has 0 saturated heterocycles. The minimum atomic E-state index is -0.343. The number of allylic oxidation sites excluding steroid dienone is 5. The van der Waals surface area contributed by atoms with Gasteiger partial charge in [-0.3, -0.25) is 0 Å². The lowest BCUT2D eigenvalue weighted by Crippen LogP contribution is -1.92. The summed E-state index contributed by atoms with van der Waals surface area (Å²) in [7, 11) is 1.35. The normalized spacial score (nSPS) is 11.8. The summed E-state index contributed by atoms with van der Waals surface area (Å²) in [6, 6.07) is 0. The van der Waals surface area contributed by atoms with Crippen LogP contribution < -0.4 is 0 Å². The van der Waals surface area contributed by atoms with Gasteiger partial charge in [0.05, 0.1) is 7.11 Å². The Kier molecular flexibility index (Phi) is 7.70. The van der Waals surface area contributed by atoms with E-state index in [1.807, 2.05) is 18.2 Å². The number of carbonyl (C=O) groups is 1. The molecule has 0 radical (unpaired) electrons. The molecule has 0 unspecified atom stereocenters. The molecule has 0 heterocycles. The summed E-state index contributed by atoms with van der Waals surface area (Å²) in [6.45, 7) is 0. The van der Waals surface area contributed by atoms with Gasteiger partial charge >= 0.3 is 5.97 Å². The topological polar surface area (TPSA) is 26.3 Å². The Hall–Kier alpha value is -0.830. The maximum absolute atomic E-state index is 10.5. The molecular formula is C9H11BrO2. The number of alkyl halides is 1. The van der Waals surface area contributed by atoms with Gasteiger partial charge in [0.1, 0.15) is 0 Å². The van der Waals surface area contributed by atoms with Crippen molar-refractivity contribution in [3.05, 3.63) is 36.5 Å². The molecule has 0 aromatic heterocycles. The summed E-state index contributed by atoms with van der Waals surface area (Å²) in [4.78, 5) is 10.5. The largest absolute Gasteiger partial charge is 0.466 e. The van der Waals surface area contributed by atoms with E-state index in [0.717, 1.165) is 5.33 Å². The average Bonchev–Trinajstić information content (AvgIpc) is 2.10. The van der Waals surface area contributed by atoms with Gasteiger partial charge in [0.25, 0.3) is 0 Å². The van der Waals surface area contributed by atoms with E-state index >= 15 is 0 Å². The van der Waals surface area contributed by atoms with E-state index in [9.17, 15) is 4.79 Å². The lowest BCUT2D eigenvalue weighted by atomic mass is 10.4. The zero-order valence-corrected chi connectivity index (χ0v) is 8.45. The van der Waals surface area contributed by atoms with E-state index in [2.05, 4.69) is 20.7 Å². The predicted molar refractivity (Wildman–Crippen MR) is 53.2 cm³/mol. The second-order valence-electron chi connectivity index (χ2n) is 1.85. The number of halogens is 1. The fourth-order valence-electron chi connectivity index (χ4n) is 0.460. The van der Waals surface area contributed by atoms with Crippen LogP contribution in [0.25, 0.3) is 0 Å². The maximum Gasteiger partial charge on any atom is 0.330 e. The summed E-state index contributed by atoms with van der Waals surface area (Å²) < 4.78 is 4.39. The van der Waals surface area contributed by atoms with Gasteiger partial charge in [-0.25, -0.2) is 4.79 Å². The molecule has 0 aromatic rings. The molecule has 0 aliphatic heterocycles. The van der Waals surface area contributed by atoms with Crippen molar-refractivity contribution in [2.45, 2.75) is 0 Å². The Balaban J connectivity index is 3.66. The van der Waals surface area contributed by atoms with Crippen LogP contribution >= 0.6 is 15.9 Å². The van der Waals surface area contributed by atoms with Crippen LogP contribution in [-0.4, -0.2) is 18.4 Å². The van der Waals surface area contributed by atoms with Gasteiger partial charge in [0.2, 0.25) is 0 Å². The van der Waals surface area contributed by atoms with Gasteiger partial charge in [-0.05, 0) is 0 Å². The van der Waals surface area contributed by atoms with Crippen LogP contribution in [0.15, 0.2) is 36.5 Å². The Morgan fingerprint density at radius 3 is 2.58 bits per heavy atom. The fraction of sp³-hybridized carbons (Fsp3) is 0.222. The Bertz CT molecular complexity index is 205. The van der Waals surface area contributed by atoms with Gasteiger partial charge in [-0.2, -0.15) is 0 Å². The third-order valence-electron chi connectivity index (χ3n) is 0.992. The molecule has 0 N–H and O–H groups in total. The maximum atomic E-state index is 10.5. The molecule has 12 heavy (non-hydrogen) atoms. The van der Waals surface area contributed by atoms with Crippen LogP contribution in [0.2, 0.25) is 0 Å².